The van der Waals surface area contributed by atoms with Crippen LogP contribution in [0.25, 0.3) is 0 Å². The van der Waals surface area contributed by atoms with E-state index in [4.69, 9.17) is 5.73 Å². The van der Waals surface area contributed by atoms with Gasteiger partial charge in [0.25, 0.3) is 12.3 Å². The molecule has 112 valence electrons. The minimum Gasteiger partial charge on any atom is -0.396 e. The number of aromatic nitrogens is 2. The van der Waals surface area contributed by atoms with Crippen molar-refractivity contribution in [1.82, 2.24) is 9.78 Å². The standard InChI is InChI=1S/C14H16F2N4O/c1-2-20(10-6-4-3-5-7-10)14(21)13-11(17)8-19(18-13)9-12(15)16/h3-8,12H,2,9,17H2,1H3. The number of carbonyl (C=O) groups is 1. The number of nitrogen functional groups attached to an aromatic ring is 1. The molecule has 0 saturated carbocycles. The molecule has 0 spiro atoms. The quantitative estimate of drug-likeness (QED) is 0.921. The topological polar surface area (TPSA) is 64.2 Å². The zero-order valence-corrected chi connectivity index (χ0v) is 11.5. The van der Waals surface area contributed by atoms with Crippen LogP contribution < -0.4 is 10.6 Å². The van der Waals surface area contributed by atoms with Gasteiger partial charge in [-0.15, -0.1) is 0 Å². The summed E-state index contributed by atoms with van der Waals surface area (Å²) < 4.78 is 25.7. The monoisotopic (exact) mass is 294 g/mol. The number of nitrogens with two attached hydrogens (primary N) is 1. The summed E-state index contributed by atoms with van der Waals surface area (Å²) in [6, 6.07) is 9.03. The summed E-state index contributed by atoms with van der Waals surface area (Å²) in [6.07, 6.45) is -1.30. The molecule has 2 rings (SSSR count). The van der Waals surface area contributed by atoms with Crippen LogP contribution in [0.4, 0.5) is 20.2 Å². The predicted octanol–water partition coefficient (Wildman–Crippen LogP) is 2.40. The van der Waals surface area contributed by atoms with Crippen molar-refractivity contribution in [2.45, 2.75) is 19.9 Å². The molecule has 1 heterocycles. The first-order chi connectivity index (χ1) is 10.0. The maximum absolute atomic E-state index is 12.5. The predicted molar refractivity (Wildman–Crippen MR) is 76.4 cm³/mol. The van der Waals surface area contributed by atoms with Gasteiger partial charge in [-0.05, 0) is 19.1 Å². The fourth-order valence-electron chi connectivity index (χ4n) is 2.02. The van der Waals surface area contributed by atoms with Crippen LogP contribution in [0.3, 0.4) is 0 Å². The SMILES string of the molecule is CCN(C(=O)c1nn(CC(F)F)cc1N)c1ccccc1. The van der Waals surface area contributed by atoms with E-state index in [0.29, 0.717) is 12.2 Å². The van der Waals surface area contributed by atoms with Gasteiger partial charge in [-0.25, -0.2) is 8.78 Å². The van der Waals surface area contributed by atoms with E-state index in [0.717, 1.165) is 4.68 Å². The fourth-order valence-corrected chi connectivity index (χ4v) is 2.02. The molecule has 7 heteroatoms. The second-order valence-corrected chi connectivity index (χ2v) is 4.43. The number of hydrogen-bond acceptors (Lipinski definition) is 3. The van der Waals surface area contributed by atoms with E-state index in [9.17, 15) is 13.6 Å². The summed E-state index contributed by atoms with van der Waals surface area (Å²) in [5.74, 6) is -0.408. The van der Waals surface area contributed by atoms with Gasteiger partial charge in [0.2, 0.25) is 0 Å². The molecular formula is C14H16F2N4O. The summed E-state index contributed by atoms with van der Waals surface area (Å²) in [5, 5.41) is 3.86. The summed E-state index contributed by atoms with van der Waals surface area (Å²) >= 11 is 0. The number of benzene rings is 1. The van der Waals surface area contributed by atoms with Crippen LogP contribution in [0.1, 0.15) is 17.4 Å². The molecular weight excluding hydrogens is 278 g/mol. The molecule has 0 bridgehead atoms. The lowest BCUT2D eigenvalue weighted by atomic mass is 10.2. The summed E-state index contributed by atoms with van der Waals surface area (Å²) in [4.78, 5) is 14.0. The van der Waals surface area contributed by atoms with E-state index in [-0.39, 0.29) is 11.4 Å². The summed E-state index contributed by atoms with van der Waals surface area (Å²) in [6.45, 7) is 1.65. The number of nitrogens with zero attached hydrogens (tertiary/aromatic N) is 3. The van der Waals surface area contributed by atoms with Crippen molar-refractivity contribution >= 4 is 17.3 Å². The highest BCUT2D eigenvalue weighted by Crippen LogP contribution is 2.19. The van der Waals surface area contributed by atoms with Crippen molar-refractivity contribution < 1.29 is 13.6 Å². The molecule has 0 atom stereocenters. The van der Waals surface area contributed by atoms with Gasteiger partial charge >= 0.3 is 0 Å². The Hall–Kier alpha value is -2.44. The van der Waals surface area contributed by atoms with Crippen LogP contribution in [0.15, 0.2) is 36.5 Å². The molecule has 0 aliphatic heterocycles. The van der Waals surface area contributed by atoms with Gasteiger partial charge < -0.3 is 10.6 Å². The average Bonchev–Trinajstić information content (AvgIpc) is 2.80. The number of hydrogen-bond donors (Lipinski definition) is 1. The number of anilines is 2. The van der Waals surface area contributed by atoms with Crippen LogP contribution >= 0.6 is 0 Å². The van der Waals surface area contributed by atoms with Gasteiger partial charge in [-0.1, -0.05) is 18.2 Å². The highest BCUT2D eigenvalue weighted by molar-refractivity contribution is 6.07. The molecule has 21 heavy (non-hydrogen) atoms. The van der Waals surface area contributed by atoms with Crippen LogP contribution in [-0.2, 0) is 6.54 Å². The van der Waals surface area contributed by atoms with E-state index in [1.54, 1.807) is 12.1 Å². The number of alkyl halides is 2. The molecule has 0 radical (unpaired) electrons. The van der Waals surface area contributed by atoms with Gasteiger partial charge in [-0.3, -0.25) is 9.48 Å². The smallest absolute Gasteiger partial charge is 0.280 e. The number of para-hydroxylation sites is 1. The highest BCUT2D eigenvalue weighted by atomic mass is 19.3. The lowest BCUT2D eigenvalue weighted by Gasteiger charge is -2.20. The zero-order chi connectivity index (χ0) is 15.4. The Morgan fingerprint density at radius 2 is 2.05 bits per heavy atom. The molecule has 0 saturated heterocycles. The lowest BCUT2D eigenvalue weighted by Crippen LogP contribution is -2.31. The first-order valence-corrected chi connectivity index (χ1v) is 6.51. The third-order valence-corrected chi connectivity index (χ3v) is 2.95. The minimum absolute atomic E-state index is 0.0126. The van der Waals surface area contributed by atoms with Gasteiger partial charge in [0.1, 0.15) is 6.54 Å². The molecule has 2 aromatic rings. The zero-order valence-electron chi connectivity index (χ0n) is 11.5. The van der Waals surface area contributed by atoms with Gasteiger partial charge in [0.05, 0.1) is 5.69 Å². The molecule has 1 aromatic carbocycles. The van der Waals surface area contributed by atoms with Crippen molar-refractivity contribution in [1.29, 1.82) is 0 Å². The van der Waals surface area contributed by atoms with Crippen molar-refractivity contribution in [3.05, 3.63) is 42.2 Å². The van der Waals surface area contributed by atoms with Crippen LogP contribution in [0.2, 0.25) is 0 Å². The minimum atomic E-state index is -2.55. The molecule has 5 nitrogen and oxygen atoms in total. The maximum Gasteiger partial charge on any atom is 0.280 e. The highest BCUT2D eigenvalue weighted by Gasteiger charge is 2.22. The Labute approximate surface area is 121 Å². The lowest BCUT2D eigenvalue weighted by molar-refractivity contribution is 0.0978. The van der Waals surface area contributed by atoms with Gasteiger partial charge in [-0.2, -0.15) is 5.10 Å². The molecule has 1 amide bonds. The first kappa shape index (κ1) is 15.0. The van der Waals surface area contributed by atoms with Crippen LogP contribution in [-0.4, -0.2) is 28.7 Å². The van der Waals surface area contributed by atoms with E-state index in [2.05, 4.69) is 5.10 Å². The number of rotatable bonds is 5. The fraction of sp³-hybridized carbons (Fsp3) is 0.286. The molecule has 0 aliphatic rings. The Balaban J connectivity index is 2.28. The van der Waals surface area contributed by atoms with Crippen molar-refractivity contribution in [2.75, 3.05) is 17.2 Å². The molecule has 1 aromatic heterocycles. The normalized spacial score (nSPS) is 10.9. The molecule has 0 fully saturated rings. The molecule has 0 aliphatic carbocycles. The van der Waals surface area contributed by atoms with Crippen molar-refractivity contribution in [2.24, 2.45) is 0 Å². The average molecular weight is 294 g/mol. The summed E-state index contributed by atoms with van der Waals surface area (Å²) in [5.41, 5.74) is 6.49. The Bertz CT molecular complexity index is 613. The molecule has 0 unspecified atom stereocenters. The van der Waals surface area contributed by atoms with Gasteiger partial charge in [0.15, 0.2) is 5.69 Å². The second kappa shape index (κ2) is 6.34. The first-order valence-electron chi connectivity index (χ1n) is 6.51. The van der Waals surface area contributed by atoms with E-state index >= 15 is 0 Å². The van der Waals surface area contributed by atoms with E-state index in [1.165, 1.54) is 11.1 Å². The van der Waals surface area contributed by atoms with Crippen LogP contribution in [0.5, 0.6) is 0 Å². The Kier molecular flexibility index (Phi) is 4.52. The van der Waals surface area contributed by atoms with Crippen LogP contribution in [0, 0.1) is 0 Å². The van der Waals surface area contributed by atoms with E-state index in [1.807, 2.05) is 25.1 Å². The largest absolute Gasteiger partial charge is 0.396 e. The summed E-state index contributed by atoms with van der Waals surface area (Å²) in [7, 11) is 0. The van der Waals surface area contributed by atoms with Crippen molar-refractivity contribution in [3.63, 3.8) is 0 Å². The second-order valence-electron chi connectivity index (χ2n) is 4.43. The van der Waals surface area contributed by atoms with Crippen molar-refractivity contribution in [3.8, 4) is 0 Å². The number of halogens is 2. The third-order valence-electron chi connectivity index (χ3n) is 2.95. The Morgan fingerprint density at radius 3 is 2.62 bits per heavy atom. The number of carbonyl (C=O) groups excluding carboxylic acids is 1. The maximum atomic E-state index is 12.5. The van der Waals surface area contributed by atoms with E-state index < -0.39 is 18.9 Å². The number of amides is 1. The Morgan fingerprint density at radius 1 is 1.38 bits per heavy atom. The molecule has 2 N–H and O–H groups in total. The van der Waals surface area contributed by atoms with Gasteiger partial charge in [0, 0.05) is 18.4 Å². The third kappa shape index (κ3) is 3.36.